The number of benzene rings is 4. The van der Waals surface area contributed by atoms with Crippen LogP contribution in [0.5, 0.6) is 0 Å². The maximum atomic E-state index is 14.6. The van der Waals surface area contributed by atoms with E-state index in [4.69, 9.17) is 11.6 Å². The van der Waals surface area contributed by atoms with Gasteiger partial charge in [-0.15, -0.1) is 0 Å². The number of hydrogen-bond donors (Lipinski definition) is 1. The predicted octanol–water partition coefficient (Wildman–Crippen LogP) is 7.52. The molecule has 7 nitrogen and oxygen atoms in total. The molecule has 0 fully saturated rings. The fourth-order valence-corrected chi connectivity index (χ4v) is 6.86. The first-order valence-corrected chi connectivity index (χ1v) is 17.5. The minimum absolute atomic E-state index is 0.0408. The third-order valence-corrected chi connectivity index (χ3v) is 9.77. The highest BCUT2D eigenvalue weighted by Crippen LogP contribution is 2.27. The minimum atomic E-state index is -4.18. The van der Waals surface area contributed by atoms with Gasteiger partial charge in [0.25, 0.3) is 10.0 Å². The number of halogens is 1. The fraction of sp³-hybridized carbons (Fsp3) is 0.316. The minimum Gasteiger partial charge on any atom is -0.350 e. The van der Waals surface area contributed by atoms with Gasteiger partial charge in [-0.2, -0.15) is 0 Å². The smallest absolute Gasteiger partial charge is 0.264 e. The van der Waals surface area contributed by atoms with Crippen molar-refractivity contribution in [3.8, 4) is 0 Å². The molecule has 0 heterocycles. The highest BCUT2D eigenvalue weighted by molar-refractivity contribution is 7.92. The molecule has 0 unspecified atom stereocenters. The second-order valence-electron chi connectivity index (χ2n) is 13.2. The Balaban J connectivity index is 1.83. The maximum Gasteiger partial charge on any atom is 0.264 e. The number of anilines is 1. The van der Waals surface area contributed by atoms with Crippen LogP contribution in [0.2, 0.25) is 5.02 Å². The second kappa shape index (κ2) is 15.2. The Labute approximate surface area is 284 Å². The van der Waals surface area contributed by atoms with Gasteiger partial charge < -0.3 is 10.2 Å². The molecule has 248 valence electrons. The highest BCUT2D eigenvalue weighted by Gasteiger charge is 2.35. The molecular weight excluding hydrogens is 630 g/mol. The lowest BCUT2D eigenvalue weighted by atomic mass is 10.0. The Morgan fingerprint density at radius 3 is 2.02 bits per heavy atom. The third kappa shape index (κ3) is 9.69. The number of amides is 2. The van der Waals surface area contributed by atoms with Gasteiger partial charge in [0, 0.05) is 23.5 Å². The van der Waals surface area contributed by atoms with Gasteiger partial charge in [-0.05, 0) is 86.7 Å². The molecule has 4 aromatic carbocycles. The quantitative estimate of drug-likeness (QED) is 0.169. The van der Waals surface area contributed by atoms with Crippen molar-refractivity contribution in [2.24, 2.45) is 0 Å². The number of nitrogens with zero attached hydrogens (tertiary/aromatic N) is 2. The Hall–Kier alpha value is -4.14. The summed E-state index contributed by atoms with van der Waals surface area (Å²) in [6, 6.07) is 29.4. The molecule has 0 radical (unpaired) electrons. The van der Waals surface area contributed by atoms with Gasteiger partial charge >= 0.3 is 0 Å². The van der Waals surface area contributed by atoms with Gasteiger partial charge in [0.2, 0.25) is 11.8 Å². The molecule has 47 heavy (non-hydrogen) atoms. The Kier molecular flexibility index (Phi) is 11.5. The molecule has 0 spiro atoms. The number of aryl methyl sites for hydroxylation is 1. The van der Waals surface area contributed by atoms with E-state index in [9.17, 15) is 18.0 Å². The van der Waals surface area contributed by atoms with E-state index in [2.05, 4.69) is 19.2 Å². The summed E-state index contributed by atoms with van der Waals surface area (Å²) in [7, 11) is -4.18. The van der Waals surface area contributed by atoms with Crippen molar-refractivity contribution in [1.29, 1.82) is 0 Å². The maximum absolute atomic E-state index is 14.6. The van der Waals surface area contributed by atoms with E-state index in [-0.39, 0.29) is 29.7 Å². The predicted molar refractivity (Wildman–Crippen MR) is 190 cm³/mol. The van der Waals surface area contributed by atoms with Crippen LogP contribution in [0.4, 0.5) is 5.69 Å². The number of carbonyl (C=O) groups excluding carboxylic acids is 2. The second-order valence-corrected chi connectivity index (χ2v) is 15.5. The zero-order chi connectivity index (χ0) is 34.4. The standard InChI is InChI=1S/C38H44ClN3O4S/c1-27(2)31-17-19-33(20-18-31)42(47(45,46)34-21-15-28(3)16-22-34)26-36(43)41(25-30-13-10-14-32(39)23-30)35(37(44)40-38(4,5)6)24-29-11-8-7-9-12-29/h7-23,27,35H,24-26H2,1-6H3,(H,40,44)/t35-/m1/s1. The lowest BCUT2D eigenvalue weighted by molar-refractivity contribution is -0.140. The van der Waals surface area contributed by atoms with Crippen molar-refractivity contribution < 1.29 is 18.0 Å². The van der Waals surface area contributed by atoms with Crippen LogP contribution in [0.25, 0.3) is 0 Å². The van der Waals surface area contributed by atoms with Crippen molar-refractivity contribution in [3.05, 3.63) is 130 Å². The van der Waals surface area contributed by atoms with Gasteiger partial charge in [-0.25, -0.2) is 8.42 Å². The molecule has 9 heteroatoms. The summed E-state index contributed by atoms with van der Waals surface area (Å²) in [6.07, 6.45) is 0.225. The fourth-order valence-electron chi connectivity index (χ4n) is 5.23. The average Bonchev–Trinajstić information content (AvgIpc) is 3.01. The zero-order valence-corrected chi connectivity index (χ0v) is 29.5. The molecule has 4 rings (SSSR count). The Morgan fingerprint density at radius 2 is 1.45 bits per heavy atom. The summed E-state index contributed by atoms with van der Waals surface area (Å²) >= 11 is 6.33. The van der Waals surface area contributed by atoms with Crippen molar-refractivity contribution in [2.75, 3.05) is 10.8 Å². The van der Waals surface area contributed by atoms with E-state index >= 15 is 0 Å². The lowest BCUT2D eigenvalue weighted by Gasteiger charge is -2.35. The molecule has 0 bridgehead atoms. The normalized spacial score (nSPS) is 12.4. The van der Waals surface area contributed by atoms with Gasteiger partial charge in [0.05, 0.1) is 10.6 Å². The van der Waals surface area contributed by atoms with E-state index < -0.39 is 34.1 Å². The molecule has 0 aliphatic heterocycles. The van der Waals surface area contributed by atoms with Crippen LogP contribution in [0.15, 0.2) is 108 Å². The monoisotopic (exact) mass is 673 g/mol. The van der Waals surface area contributed by atoms with Gasteiger partial charge in [0.15, 0.2) is 0 Å². The van der Waals surface area contributed by atoms with Crippen LogP contribution in [-0.4, -0.2) is 43.3 Å². The summed E-state index contributed by atoms with van der Waals surface area (Å²) in [4.78, 5) is 30.2. The van der Waals surface area contributed by atoms with Crippen LogP contribution in [0.1, 0.15) is 62.8 Å². The molecule has 4 aromatic rings. The largest absolute Gasteiger partial charge is 0.350 e. The summed E-state index contributed by atoms with van der Waals surface area (Å²) in [6.45, 7) is 11.2. The molecule has 0 aromatic heterocycles. The Bertz CT molecular complexity index is 1770. The summed E-state index contributed by atoms with van der Waals surface area (Å²) < 4.78 is 29.7. The lowest BCUT2D eigenvalue weighted by Crippen LogP contribution is -2.56. The topological polar surface area (TPSA) is 86.8 Å². The van der Waals surface area contributed by atoms with Crippen LogP contribution < -0.4 is 9.62 Å². The molecule has 0 saturated heterocycles. The van der Waals surface area contributed by atoms with Crippen LogP contribution in [0, 0.1) is 6.92 Å². The van der Waals surface area contributed by atoms with Crippen LogP contribution in [0.3, 0.4) is 0 Å². The SMILES string of the molecule is Cc1ccc(S(=O)(=O)N(CC(=O)N(Cc2cccc(Cl)c2)[C@H](Cc2ccccc2)C(=O)NC(C)(C)C)c2ccc(C(C)C)cc2)cc1. The molecule has 1 atom stereocenters. The van der Waals surface area contributed by atoms with Crippen LogP contribution in [-0.2, 0) is 32.6 Å². The number of sulfonamides is 1. The Morgan fingerprint density at radius 1 is 0.830 bits per heavy atom. The first-order valence-electron chi connectivity index (χ1n) is 15.7. The summed E-state index contributed by atoms with van der Waals surface area (Å²) in [5, 5.41) is 3.53. The third-order valence-electron chi connectivity index (χ3n) is 7.75. The van der Waals surface area contributed by atoms with E-state index in [1.807, 2.05) is 76.2 Å². The highest BCUT2D eigenvalue weighted by atomic mass is 35.5. The van der Waals surface area contributed by atoms with Crippen LogP contribution >= 0.6 is 11.6 Å². The van der Waals surface area contributed by atoms with Gasteiger partial charge in [-0.3, -0.25) is 13.9 Å². The van der Waals surface area contributed by atoms with E-state index in [0.29, 0.717) is 16.3 Å². The van der Waals surface area contributed by atoms with Crippen molar-refractivity contribution in [1.82, 2.24) is 10.2 Å². The number of carbonyl (C=O) groups is 2. The van der Waals surface area contributed by atoms with E-state index in [0.717, 1.165) is 21.0 Å². The molecule has 0 aliphatic carbocycles. The van der Waals surface area contributed by atoms with Crippen molar-refractivity contribution >= 4 is 39.1 Å². The first kappa shape index (κ1) is 35.7. The molecular formula is C38H44ClN3O4S. The number of hydrogen-bond acceptors (Lipinski definition) is 4. The molecule has 2 amide bonds. The first-order chi connectivity index (χ1) is 22.1. The zero-order valence-electron chi connectivity index (χ0n) is 27.9. The molecule has 1 N–H and O–H groups in total. The summed E-state index contributed by atoms with van der Waals surface area (Å²) in [5.41, 5.74) is 3.30. The summed E-state index contributed by atoms with van der Waals surface area (Å²) in [5.74, 6) is -0.634. The van der Waals surface area contributed by atoms with Gasteiger partial charge in [0.1, 0.15) is 12.6 Å². The number of nitrogens with one attached hydrogen (secondary N) is 1. The van der Waals surface area contributed by atoms with Gasteiger partial charge in [-0.1, -0.05) is 97.7 Å². The average molecular weight is 674 g/mol. The van der Waals surface area contributed by atoms with E-state index in [1.165, 1.54) is 4.90 Å². The molecule has 0 saturated carbocycles. The number of rotatable bonds is 12. The molecule has 0 aliphatic rings. The van der Waals surface area contributed by atoms with Crippen molar-refractivity contribution in [2.45, 2.75) is 76.9 Å². The van der Waals surface area contributed by atoms with Crippen molar-refractivity contribution in [3.63, 3.8) is 0 Å². The van der Waals surface area contributed by atoms with E-state index in [1.54, 1.807) is 54.6 Å².